The number of rotatable bonds is 4. The van der Waals surface area contributed by atoms with E-state index in [0.29, 0.717) is 38.4 Å². The average Bonchev–Trinajstić information content (AvgIpc) is 2.46. The molecule has 0 unspecified atom stereocenters. The van der Waals surface area contributed by atoms with Gasteiger partial charge in [0, 0.05) is 38.9 Å². The summed E-state index contributed by atoms with van der Waals surface area (Å²) in [7, 11) is -3.11. The summed E-state index contributed by atoms with van der Waals surface area (Å²) < 4.78 is 24.4. The van der Waals surface area contributed by atoms with Gasteiger partial charge >= 0.3 is 0 Å². The minimum Gasteiger partial charge on any atom is -0.409 e. The summed E-state index contributed by atoms with van der Waals surface area (Å²) in [5, 5.41) is 11.6. The second kappa shape index (κ2) is 6.37. The zero-order chi connectivity index (χ0) is 15.5. The van der Waals surface area contributed by atoms with Crippen LogP contribution in [0.25, 0.3) is 0 Å². The van der Waals surface area contributed by atoms with E-state index in [2.05, 4.69) is 15.0 Å². The smallest absolute Gasteiger partial charge is 0.211 e. The number of hydrogen-bond acceptors (Lipinski definition) is 6. The first kappa shape index (κ1) is 15.7. The van der Waals surface area contributed by atoms with Crippen LogP contribution in [-0.4, -0.2) is 66.1 Å². The number of amidine groups is 1. The number of hydrogen-bond donors (Lipinski definition) is 2. The lowest BCUT2D eigenvalue weighted by Gasteiger charge is -2.33. The Kier molecular flexibility index (Phi) is 4.76. The molecule has 21 heavy (non-hydrogen) atoms. The third-order valence-corrected chi connectivity index (χ3v) is 4.70. The molecule has 1 fully saturated rings. The lowest BCUT2D eigenvalue weighted by Crippen LogP contribution is -2.47. The van der Waals surface area contributed by atoms with E-state index >= 15 is 0 Å². The molecule has 1 aromatic rings. The minimum absolute atomic E-state index is 0.0289. The third kappa shape index (κ3) is 4.13. The summed E-state index contributed by atoms with van der Waals surface area (Å²) in [6, 6.07) is 3.62. The monoisotopic (exact) mass is 313 g/mol. The fourth-order valence-electron chi connectivity index (χ4n) is 2.24. The van der Waals surface area contributed by atoms with Gasteiger partial charge in [0.1, 0.15) is 5.69 Å². The second-order valence-electron chi connectivity index (χ2n) is 4.97. The molecule has 9 heteroatoms. The molecule has 0 radical (unpaired) electrons. The van der Waals surface area contributed by atoms with Crippen LogP contribution in [0.3, 0.4) is 0 Å². The van der Waals surface area contributed by atoms with Crippen LogP contribution in [-0.2, 0) is 16.6 Å². The molecule has 8 nitrogen and oxygen atoms in total. The maximum absolute atomic E-state index is 11.5. The van der Waals surface area contributed by atoms with E-state index < -0.39 is 10.0 Å². The van der Waals surface area contributed by atoms with Gasteiger partial charge in [-0.2, -0.15) is 4.31 Å². The Morgan fingerprint density at radius 3 is 2.67 bits per heavy atom. The normalized spacial score (nSPS) is 18.8. The van der Waals surface area contributed by atoms with Gasteiger partial charge in [-0.25, -0.2) is 8.42 Å². The summed E-state index contributed by atoms with van der Waals surface area (Å²) >= 11 is 0. The predicted molar refractivity (Wildman–Crippen MR) is 78.4 cm³/mol. The lowest BCUT2D eigenvalue weighted by molar-refractivity contribution is 0.182. The SMILES string of the molecule is CS(=O)(=O)N1CCN(Cc2ccnc(C(N)=NO)c2)CC1. The van der Waals surface area contributed by atoms with Crippen molar-refractivity contribution in [1.82, 2.24) is 14.2 Å². The van der Waals surface area contributed by atoms with Crippen molar-refractivity contribution in [2.24, 2.45) is 10.9 Å². The number of aromatic nitrogens is 1. The molecule has 0 atom stereocenters. The van der Waals surface area contributed by atoms with Crippen LogP contribution in [0.1, 0.15) is 11.3 Å². The van der Waals surface area contributed by atoms with E-state index in [0.717, 1.165) is 5.56 Å². The van der Waals surface area contributed by atoms with Gasteiger partial charge in [-0.3, -0.25) is 9.88 Å². The van der Waals surface area contributed by atoms with Crippen LogP contribution in [0.15, 0.2) is 23.5 Å². The molecule has 1 aliphatic heterocycles. The Bertz CT molecular complexity index is 624. The second-order valence-corrected chi connectivity index (χ2v) is 6.96. The van der Waals surface area contributed by atoms with Crippen molar-refractivity contribution in [3.05, 3.63) is 29.6 Å². The molecule has 0 spiro atoms. The van der Waals surface area contributed by atoms with Gasteiger partial charge in [0.25, 0.3) is 0 Å². The number of sulfonamides is 1. The Balaban J connectivity index is 1.98. The average molecular weight is 313 g/mol. The molecule has 3 N–H and O–H groups in total. The van der Waals surface area contributed by atoms with Gasteiger partial charge in [0.15, 0.2) is 5.84 Å². The van der Waals surface area contributed by atoms with Crippen molar-refractivity contribution in [2.45, 2.75) is 6.54 Å². The lowest BCUT2D eigenvalue weighted by atomic mass is 10.2. The van der Waals surface area contributed by atoms with Crippen LogP contribution in [0, 0.1) is 0 Å². The third-order valence-electron chi connectivity index (χ3n) is 3.40. The number of piperazine rings is 1. The van der Waals surface area contributed by atoms with Gasteiger partial charge < -0.3 is 10.9 Å². The number of pyridine rings is 1. The molecule has 116 valence electrons. The highest BCUT2D eigenvalue weighted by Gasteiger charge is 2.23. The van der Waals surface area contributed by atoms with Crippen LogP contribution in [0.5, 0.6) is 0 Å². The van der Waals surface area contributed by atoms with E-state index in [-0.39, 0.29) is 5.84 Å². The number of nitrogens with zero attached hydrogens (tertiary/aromatic N) is 4. The van der Waals surface area contributed by atoms with Crippen molar-refractivity contribution in [3.63, 3.8) is 0 Å². The topological polar surface area (TPSA) is 112 Å². The predicted octanol–water partition coefficient (Wildman–Crippen LogP) is -0.747. The molecule has 1 aromatic heterocycles. The zero-order valence-corrected chi connectivity index (χ0v) is 12.6. The van der Waals surface area contributed by atoms with E-state index in [1.807, 2.05) is 6.07 Å². The molecule has 0 amide bonds. The molecule has 1 aliphatic rings. The Morgan fingerprint density at radius 1 is 1.43 bits per heavy atom. The fourth-order valence-corrected chi connectivity index (χ4v) is 3.07. The van der Waals surface area contributed by atoms with Gasteiger partial charge in [-0.1, -0.05) is 5.16 Å². The van der Waals surface area contributed by atoms with Crippen molar-refractivity contribution in [3.8, 4) is 0 Å². The molecule has 1 saturated heterocycles. The van der Waals surface area contributed by atoms with Crippen LogP contribution in [0.4, 0.5) is 0 Å². The molecule has 2 heterocycles. The molecule has 0 aromatic carbocycles. The van der Waals surface area contributed by atoms with E-state index in [1.54, 1.807) is 12.3 Å². The van der Waals surface area contributed by atoms with Gasteiger partial charge in [0.2, 0.25) is 10.0 Å². The number of oxime groups is 1. The summed E-state index contributed by atoms with van der Waals surface area (Å²) in [6.45, 7) is 3.02. The highest BCUT2D eigenvalue weighted by atomic mass is 32.2. The molecular formula is C12H19N5O3S. The van der Waals surface area contributed by atoms with Gasteiger partial charge in [0.05, 0.1) is 6.26 Å². The van der Waals surface area contributed by atoms with Gasteiger partial charge in [-0.05, 0) is 17.7 Å². The maximum atomic E-state index is 11.5. The Hall–Kier alpha value is -1.71. The Labute approximate surface area is 123 Å². The molecule has 2 rings (SSSR count). The van der Waals surface area contributed by atoms with Crippen molar-refractivity contribution < 1.29 is 13.6 Å². The maximum Gasteiger partial charge on any atom is 0.211 e. The molecule has 0 bridgehead atoms. The zero-order valence-electron chi connectivity index (χ0n) is 11.8. The first-order chi connectivity index (χ1) is 9.90. The standard InChI is InChI=1S/C12H19N5O3S/c1-21(19,20)17-6-4-16(5-7-17)9-10-2-3-14-11(8-10)12(13)15-18/h2-3,8,18H,4-7,9H2,1H3,(H2,13,15). The van der Waals surface area contributed by atoms with Crippen molar-refractivity contribution in [2.75, 3.05) is 32.4 Å². The summed E-state index contributed by atoms with van der Waals surface area (Å²) in [5.74, 6) is -0.0289. The fraction of sp³-hybridized carbons (Fsp3) is 0.500. The summed E-state index contributed by atoms with van der Waals surface area (Å²) in [6.07, 6.45) is 2.84. The van der Waals surface area contributed by atoms with E-state index in [4.69, 9.17) is 10.9 Å². The first-order valence-electron chi connectivity index (χ1n) is 6.50. The van der Waals surface area contributed by atoms with Crippen LogP contribution in [0.2, 0.25) is 0 Å². The number of nitrogens with two attached hydrogens (primary N) is 1. The molecule has 0 saturated carbocycles. The molecular weight excluding hydrogens is 294 g/mol. The Morgan fingerprint density at radius 2 is 2.10 bits per heavy atom. The van der Waals surface area contributed by atoms with Crippen LogP contribution >= 0.6 is 0 Å². The minimum atomic E-state index is -3.11. The van der Waals surface area contributed by atoms with Crippen LogP contribution < -0.4 is 5.73 Å². The highest BCUT2D eigenvalue weighted by molar-refractivity contribution is 7.88. The summed E-state index contributed by atoms with van der Waals surface area (Å²) in [5.41, 5.74) is 6.92. The van der Waals surface area contributed by atoms with Crippen molar-refractivity contribution >= 4 is 15.9 Å². The largest absolute Gasteiger partial charge is 0.409 e. The summed E-state index contributed by atoms with van der Waals surface area (Å²) in [4.78, 5) is 6.19. The van der Waals surface area contributed by atoms with E-state index in [9.17, 15) is 8.42 Å². The highest BCUT2D eigenvalue weighted by Crippen LogP contribution is 2.11. The first-order valence-corrected chi connectivity index (χ1v) is 8.35. The molecule has 0 aliphatic carbocycles. The van der Waals surface area contributed by atoms with Gasteiger partial charge in [-0.15, -0.1) is 0 Å². The quantitative estimate of drug-likeness (QED) is 0.327. The van der Waals surface area contributed by atoms with E-state index in [1.165, 1.54) is 10.6 Å². The van der Waals surface area contributed by atoms with Crippen molar-refractivity contribution in [1.29, 1.82) is 0 Å².